The molecular weight excluding hydrogens is 322 g/mol. The van der Waals surface area contributed by atoms with Gasteiger partial charge in [-0.2, -0.15) is 0 Å². The van der Waals surface area contributed by atoms with Crippen molar-refractivity contribution in [3.05, 3.63) is 50.7 Å². The average molecular weight is 345 g/mol. The van der Waals surface area contributed by atoms with E-state index in [0.717, 1.165) is 26.8 Å². The molecule has 0 spiro atoms. The van der Waals surface area contributed by atoms with Crippen molar-refractivity contribution in [3.63, 3.8) is 0 Å². The van der Waals surface area contributed by atoms with Gasteiger partial charge in [-0.05, 0) is 24.1 Å². The number of nitrogens with zero attached hydrogens (tertiary/aromatic N) is 4. The van der Waals surface area contributed by atoms with Gasteiger partial charge in [-0.15, -0.1) is 0 Å². The minimum absolute atomic E-state index is 0.201. The van der Waals surface area contributed by atoms with Crippen LogP contribution in [0.1, 0.15) is 12.5 Å². The molecule has 8 nitrogen and oxygen atoms in total. The van der Waals surface area contributed by atoms with Crippen LogP contribution in [0.25, 0.3) is 0 Å². The van der Waals surface area contributed by atoms with Gasteiger partial charge >= 0.3 is 5.69 Å². The molecule has 0 radical (unpaired) electrons. The average Bonchev–Trinajstić information content (AvgIpc) is 2.60. The van der Waals surface area contributed by atoms with Crippen LogP contribution in [0.4, 0.5) is 11.4 Å². The number of guanidine groups is 1. The number of rotatable bonds is 3. The summed E-state index contributed by atoms with van der Waals surface area (Å²) in [6.45, 7) is 2.06. The first-order chi connectivity index (χ1) is 11.8. The Bertz CT molecular complexity index is 925. The van der Waals surface area contributed by atoms with Crippen molar-refractivity contribution in [2.45, 2.75) is 13.3 Å². The summed E-state index contributed by atoms with van der Waals surface area (Å²) in [5, 5.41) is 13.3. The summed E-state index contributed by atoms with van der Waals surface area (Å²) in [7, 11) is 6.25. The first-order valence-corrected chi connectivity index (χ1v) is 7.87. The number of hydrogen-bond acceptors (Lipinski definition) is 4. The lowest BCUT2D eigenvalue weighted by atomic mass is 10.1. The second-order valence-corrected chi connectivity index (χ2v) is 5.89. The molecule has 25 heavy (non-hydrogen) atoms. The highest BCUT2D eigenvalue weighted by Crippen LogP contribution is 2.20. The quantitative estimate of drug-likeness (QED) is 0.640. The third kappa shape index (κ3) is 3.73. The highest BCUT2D eigenvalue weighted by molar-refractivity contribution is 5.95. The van der Waals surface area contributed by atoms with Crippen molar-refractivity contribution < 1.29 is 5.11 Å². The summed E-state index contributed by atoms with van der Waals surface area (Å²) in [5.74, 6) is -0.115. The molecule has 1 heterocycles. The molecule has 1 aromatic heterocycles. The van der Waals surface area contributed by atoms with Crippen LogP contribution in [-0.2, 0) is 20.5 Å². The molecule has 0 unspecified atom stereocenters. The fourth-order valence-corrected chi connectivity index (χ4v) is 2.26. The Balaban J connectivity index is 2.55. The van der Waals surface area contributed by atoms with Gasteiger partial charge in [0.1, 0.15) is 0 Å². The number of benzene rings is 1. The molecule has 0 atom stereocenters. The normalized spacial score (nSPS) is 11.5. The van der Waals surface area contributed by atoms with E-state index in [4.69, 9.17) is 0 Å². The van der Waals surface area contributed by atoms with Crippen molar-refractivity contribution in [1.82, 2.24) is 14.0 Å². The highest BCUT2D eigenvalue weighted by atomic mass is 16.3. The molecule has 1 aromatic carbocycles. The number of aromatic hydroxyl groups is 1. The number of aliphatic imine (C=N–C) groups is 1. The molecule has 0 saturated heterocycles. The summed E-state index contributed by atoms with van der Waals surface area (Å²) in [5.41, 5.74) is 0.491. The molecule has 0 bridgehead atoms. The summed E-state index contributed by atoms with van der Waals surface area (Å²) >= 11 is 0. The molecule has 134 valence electrons. The molecule has 0 fully saturated rings. The van der Waals surface area contributed by atoms with Gasteiger partial charge in [0.05, 0.1) is 0 Å². The standard InChI is InChI=1S/C17H23N5O3/c1-6-11-8-7-9-12(10-11)18-16(20(2)3)19-13-14(23)21(4)17(25)22(5)15(13)24/h7-10,23H,6H2,1-5H3,(H,18,19). The van der Waals surface area contributed by atoms with Gasteiger partial charge < -0.3 is 15.3 Å². The van der Waals surface area contributed by atoms with Crippen molar-refractivity contribution in [1.29, 1.82) is 0 Å². The van der Waals surface area contributed by atoms with Crippen LogP contribution in [0.5, 0.6) is 5.88 Å². The van der Waals surface area contributed by atoms with E-state index in [9.17, 15) is 14.7 Å². The molecule has 2 rings (SSSR count). The van der Waals surface area contributed by atoms with Crippen LogP contribution in [0.15, 0.2) is 38.8 Å². The Morgan fingerprint density at radius 1 is 1.24 bits per heavy atom. The van der Waals surface area contributed by atoms with Gasteiger partial charge in [-0.1, -0.05) is 19.1 Å². The molecule has 0 aliphatic carbocycles. The lowest BCUT2D eigenvalue weighted by Crippen LogP contribution is -2.37. The van der Waals surface area contributed by atoms with E-state index in [2.05, 4.69) is 17.2 Å². The minimum Gasteiger partial charge on any atom is -0.493 e. The first kappa shape index (κ1) is 18.3. The van der Waals surface area contributed by atoms with Crippen LogP contribution >= 0.6 is 0 Å². The Labute approximate surface area is 145 Å². The lowest BCUT2D eigenvalue weighted by Gasteiger charge is -2.18. The fourth-order valence-electron chi connectivity index (χ4n) is 2.26. The van der Waals surface area contributed by atoms with Gasteiger partial charge in [0.25, 0.3) is 5.56 Å². The van der Waals surface area contributed by atoms with E-state index in [1.165, 1.54) is 14.1 Å². The highest BCUT2D eigenvalue weighted by Gasteiger charge is 2.16. The summed E-state index contributed by atoms with van der Waals surface area (Å²) in [6.07, 6.45) is 0.895. The zero-order valence-electron chi connectivity index (χ0n) is 15.1. The van der Waals surface area contributed by atoms with E-state index in [0.29, 0.717) is 5.96 Å². The summed E-state index contributed by atoms with van der Waals surface area (Å²) in [6, 6.07) is 7.82. The van der Waals surface area contributed by atoms with E-state index in [1.54, 1.807) is 19.0 Å². The van der Waals surface area contributed by atoms with Gasteiger partial charge in [0, 0.05) is 33.9 Å². The third-order valence-electron chi connectivity index (χ3n) is 3.84. The van der Waals surface area contributed by atoms with Gasteiger partial charge in [-0.25, -0.2) is 9.79 Å². The molecule has 8 heteroatoms. The number of anilines is 1. The zero-order chi connectivity index (χ0) is 18.7. The Morgan fingerprint density at radius 2 is 1.92 bits per heavy atom. The van der Waals surface area contributed by atoms with Gasteiger partial charge in [0.2, 0.25) is 11.8 Å². The number of aromatic nitrogens is 2. The van der Waals surface area contributed by atoms with E-state index >= 15 is 0 Å². The molecule has 2 aromatic rings. The van der Waals surface area contributed by atoms with Crippen molar-refractivity contribution >= 4 is 17.3 Å². The van der Waals surface area contributed by atoms with Gasteiger partial charge in [-0.3, -0.25) is 13.9 Å². The summed E-state index contributed by atoms with van der Waals surface area (Å²) < 4.78 is 1.88. The molecule has 0 saturated carbocycles. The Hall–Kier alpha value is -3.03. The van der Waals surface area contributed by atoms with Crippen LogP contribution < -0.4 is 16.6 Å². The largest absolute Gasteiger partial charge is 0.493 e. The predicted octanol–water partition coefficient (Wildman–Crippen LogP) is 1.01. The maximum Gasteiger partial charge on any atom is 0.333 e. The maximum absolute atomic E-state index is 12.3. The molecule has 0 aliphatic heterocycles. The number of aryl methyl sites for hydroxylation is 1. The first-order valence-electron chi connectivity index (χ1n) is 7.87. The monoisotopic (exact) mass is 345 g/mol. The van der Waals surface area contributed by atoms with E-state index < -0.39 is 17.1 Å². The van der Waals surface area contributed by atoms with Crippen molar-refractivity contribution in [2.24, 2.45) is 19.1 Å². The SMILES string of the molecule is CCc1cccc(NC(=Nc2c(O)n(C)c(=O)n(C)c2=O)N(C)C)c1. The van der Waals surface area contributed by atoms with Crippen LogP contribution in [-0.4, -0.2) is 39.2 Å². The molecule has 2 N–H and O–H groups in total. The zero-order valence-corrected chi connectivity index (χ0v) is 15.1. The van der Waals surface area contributed by atoms with Crippen molar-refractivity contribution in [3.8, 4) is 5.88 Å². The van der Waals surface area contributed by atoms with E-state index in [-0.39, 0.29) is 5.69 Å². The van der Waals surface area contributed by atoms with Gasteiger partial charge in [0.15, 0.2) is 5.69 Å². The number of nitrogens with one attached hydrogen (secondary N) is 1. The third-order valence-corrected chi connectivity index (χ3v) is 3.84. The lowest BCUT2D eigenvalue weighted by molar-refractivity contribution is 0.414. The second kappa shape index (κ2) is 7.25. The topological polar surface area (TPSA) is 91.9 Å². The number of hydrogen-bond donors (Lipinski definition) is 2. The summed E-state index contributed by atoms with van der Waals surface area (Å²) in [4.78, 5) is 30.1. The molecule has 0 aliphatic rings. The minimum atomic E-state index is -0.663. The Morgan fingerprint density at radius 3 is 2.52 bits per heavy atom. The molecule has 0 amide bonds. The van der Waals surface area contributed by atoms with Crippen molar-refractivity contribution in [2.75, 3.05) is 19.4 Å². The predicted molar refractivity (Wildman–Crippen MR) is 98.8 cm³/mol. The van der Waals surface area contributed by atoms with Crippen LogP contribution in [0, 0.1) is 0 Å². The van der Waals surface area contributed by atoms with Crippen LogP contribution in [0.2, 0.25) is 0 Å². The second-order valence-electron chi connectivity index (χ2n) is 5.89. The fraction of sp³-hybridized carbons (Fsp3) is 0.353. The Kier molecular flexibility index (Phi) is 5.31. The van der Waals surface area contributed by atoms with Crippen LogP contribution in [0.3, 0.4) is 0 Å². The molecular formula is C17H23N5O3. The van der Waals surface area contributed by atoms with E-state index in [1.807, 2.05) is 24.3 Å². The maximum atomic E-state index is 12.3. The smallest absolute Gasteiger partial charge is 0.333 e.